The predicted octanol–water partition coefficient (Wildman–Crippen LogP) is 4.03. The van der Waals surface area contributed by atoms with Crippen molar-refractivity contribution >= 4 is 6.09 Å². The van der Waals surface area contributed by atoms with Crippen LogP contribution in [0, 0.1) is 5.92 Å². The van der Waals surface area contributed by atoms with Gasteiger partial charge in [0.1, 0.15) is 5.60 Å². The molecule has 1 aliphatic carbocycles. The molecule has 0 atom stereocenters. The third-order valence-corrected chi connectivity index (χ3v) is 3.53. The van der Waals surface area contributed by atoms with Crippen molar-refractivity contribution in [1.29, 1.82) is 0 Å². The van der Waals surface area contributed by atoms with Gasteiger partial charge in [-0.15, -0.1) is 0 Å². The molecule has 1 rings (SSSR count). The third kappa shape index (κ3) is 8.74. The predicted molar refractivity (Wildman–Crippen MR) is 86.7 cm³/mol. The zero-order valence-corrected chi connectivity index (χ0v) is 13.9. The number of amides is 1. The Morgan fingerprint density at radius 2 is 2.05 bits per heavy atom. The molecule has 0 radical (unpaired) electrons. The minimum Gasteiger partial charge on any atom is -0.444 e. The molecule has 0 bridgehead atoms. The number of azide groups is 1. The Hall–Kier alpha value is -1.46. The second-order valence-electron chi connectivity index (χ2n) is 6.75. The van der Waals surface area contributed by atoms with Crippen molar-refractivity contribution in [2.24, 2.45) is 11.0 Å². The molecule has 1 fully saturated rings. The van der Waals surface area contributed by atoms with Crippen molar-refractivity contribution in [3.05, 3.63) is 10.4 Å². The summed E-state index contributed by atoms with van der Waals surface area (Å²) in [6.07, 6.45) is 4.47. The molecule has 128 valence electrons. The Morgan fingerprint density at radius 3 is 2.64 bits per heavy atom. The van der Waals surface area contributed by atoms with Crippen LogP contribution in [0.25, 0.3) is 10.4 Å². The van der Waals surface area contributed by atoms with Crippen LogP contribution in [-0.4, -0.2) is 37.5 Å². The van der Waals surface area contributed by atoms with E-state index in [1.807, 2.05) is 20.8 Å². The minimum absolute atomic E-state index is 0. The van der Waals surface area contributed by atoms with Gasteiger partial charge in [-0.05, 0) is 64.3 Å². The lowest BCUT2D eigenvalue weighted by Crippen LogP contribution is -2.41. The van der Waals surface area contributed by atoms with Crippen molar-refractivity contribution < 1.29 is 15.7 Å². The van der Waals surface area contributed by atoms with E-state index in [4.69, 9.17) is 15.0 Å². The number of ether oxygens (including phenoxy) is 2. The lowest BCUT2D eigenvalue weighted by Gasteiger charge is -2.30. The molecule has 1 saturated carbocycles. The van der Waals surface area contributed by atoms with E-state index >= 15 is 0 Å². The maximum Gasteiger partial charge on any atom is 0.407 e. The van der Waals surface area contributed by atoms with Crippen molar-refractivity contribution in [2.75, 3.05) is 19.8 Å². The Bertz CT molecular complexity index is 387. The summed E-state index contributed by atoms with van der Waals surface area (Å²) in [6.45, 7) is 7.46. The van der Waals surface area contributed by atoms with Gasteiger partial charge < -0.3 is 14.8 Å². The molecule has 0 saturated heterocycles. The van der Waals surface area contributed by atoms with Gasteiger partial charge in [0, 0.05) is 32.1 Å². The molecule has 0 aromatic rings. The smallest absolute Gasteiger partial charge is 0.407 e. The summed E-state index contributed by atoms with van der Waals surface area (Å²) in [5.41, 5.74) is 7.70. The number of nitrogens with zero attached hydrogens (tertiary/aromatic N) is 3. The maximum atomic E-state index is 11.7. The second-order valence-corrected chi connectivity index (χ2v) is 6.75. The summed E-state index contributed by atoms with van der Waals surface area (Å²) in [6, 6.07) is 0.205. The highest BCUT2D eigenvalue weighted by molar-refractivity contribution is 5.68. The molecular formula is C15H30N4O3. The van der Waals surface area contributed by atoms with E-state index in [0.29, 0.717) is 19.1 Å². The Kier molecular flexibility index (Phi) is 8.06. The standard InChI is InChI=1S/C15H28N4O3.H2/c1-15(2,3)22-14(20)18-13-7-5-12(6-8-13)11-21-10-4-9-17-19-16;/h12-13H,4-11H2,1-3H3,(H,18,20);1H. The topological polar surface area (TPSA) is 96.3 Å². The molecule has 7 nitrogen and oxygen atoms in total. The lowest BCUT2D eigenvalue weighted by atomic mass is 9.86. The molecule has 1 N–H and O–H groups in total. The number of alkyl carbamates (subject to hydrolysis) is 1. The number of rotatable bonds is 7. The maximum absolute atomic E-state index is 11.7. The summed E-state index contributed by atoms with van der Waals surface area (Å²) in [7, 11) is 0. The van der Waals surface area contributed by atoms with Crippen LogP contribution < -0.4 is 5.32 Å². The highest BCUT2D eigenvalue weighted by atomic mass is 16.6. The van der Waals surface area contributed by atoms with Gasteiger partial charge in [0.05, 0.1) is 0 Å². The first kappa shape index (κ1) is 18.6. The minimum atomic E-state index is -0.454. The highest BCUT2D eigenvalue weighted by Crippen LogP contribution is 2.24. The van der Waals surface area contributed by atoms with E-state index < -0.39 is 5.60 Å². The van der Waals surface area contributed by atoms with E-state index in [-0.39, 0.29) is 13.6 Å². The Morgan fingerprint density at radius 1 is 1.36 bits per heavy atom. The van der Waals surface area contributed by atoms with E-state index in [2.05, 4.69) is 15.3 Å². The number of carbonyl (C=O) groups excluding carboxylic acids is 1. The Balaban J connectivity index is 0.00000484. The van der Waals surface area contributed by atoms with E-state index in [1.54, 1.807) is 0 Å². The summed E-state index contributed by atoms with van der Waals surface area (Å²) in [4.78, 5) is 14.4. The average Bonchev–Trinajstić information content (AvgIpc) is 2.42. The van der Waals surface area contributed by atoms with Crippen molar-refractivity contribution in [1.82, 2.24) is 5.32 Å². The van der Waals surface area contributed by atoms with Crippen LogP contribution in [0.3, 0.4) is 0 Å². The molecule has 0 heterocycles. The van der Waals surface area contributed by atoms with Crippen LogP contribution in [0.15, 0.2) is 5.11 Å². The van der Waals surface area contributed by atoms with Gasteiger partial charge >= 0.3 is 6.09 Å². The lowest BCUT2D eigenvalue weighted by molar-refractivity contribution is 0.0463. The summed E-state index contributed by atoms with van der Waals surface area (Å²) < 4.78 is 10.9. The molecule has 0 aliphatic heterocycles. The van der Waals surface area contributed by atoms with E-state index in [9.17, 15) is 4.79 Å². The first-order valence-electron chi connectivity index (χ1n) is 7.99. The van der Waals surface area contributed by atoms with Gasteiger partial charge in [0.15, 0.2) is 0 Å². The van der Waals surface area contributed by atoms with Crippen molar-refractivity contribution in [2.45, 2.75) is 64.5 Å². The average molecular weight is 314 g/mol. The van der Waals surface area contributed by atoms with Crippen LogP contribution >= 0.6 is 0 Å². The number of nitrogens with one attached hydrogen (secondary N) is 1. The molecule has 0 aromatic heterocycles. The molecule has 0 spiro atoms. The zero-order valence-electron chi connectivity index (χ0n) is 13.9. The van der Waals surface area contributed by atoms with E-state index in [1.165, 1.54) is 0 Å². The first-order valence-corrected chi connectivity index (χ1v) is 7.99. The fourth-order valence-corrected chi connectivity index (χ4v) is 2.48. The quantitative estimate of drug-likeness (QED) is 0.332. The summed E-state index contributed by atoms with van der Waals surface area (Å²) in [5, 5.41) is 6.41. The summed E-state index contributed by atoms with van der Waals surface area (Å²) >= 11 is 0. The largest absolute Gasteiger partial charge is 0.444 e. The highest BCUT2D eigenvalue weighted by Gasteiger charge is 2.24. The molecule has 7 heteroatoms. The normalized spacial score (nSPS) is 21.8. The van der Waals surface area contributed by atoms with Crippen LogP contribution in [0.2, 0.25) is 0 Å². The van der Waals surface area contributed by atoms with Crippen LogP contribution in [0.5, 0.6) is 0 Å². The Labute approximate surface area is 133 Å². The van der Waals surface area contributed by atoms with Crippen LogP contribution in [0.4, 0.5) is 4.79 Å². The molecule has 0 aromatic carbocycles. The van der Waals surface area contributed by atoms with Gasteiger partial charge in [0.25, 0.3) is 0 Å². The van der Waals surface area contributed by atoms with Gasteiger partial charge in [0.2, 0.25) is 0 Å². The van der Waals surface area contributed by atoms with Crippen molar-refractivity contribution in [3.63, 3.8) is 0 Å². The summed E-state index contributed by atoms with van der Waals surface area (Å²) in [5.74, 6) is 0.552. The molecule has 22 heavy (non-hydrogen) atoms. The molecule has 1 amide bonds. The fraction of sp³-hybridized carbons (Fsp3) is 0.933. The van der Waals surface area contributed by atoms with E-state index in [0.717, 1.165) is 38.7 Å². The monoisotopic (exact) mass is 314 g/mol. The van der Waals surface area contributed by atoms with Gasteiger partial charge in [-0.2, -0.15) is 0 Å². The third-order valence-electron chi connectivity index (χ3n) is 3.53. The van der Waals surface area contributed by atoms with Crippen molar-refractivity contribution in [3.8, 4) is 0 Å². The first-order chi connectivity index (χ1) is 10.4. The van der Waals surface area contributed by atoms with Crippen LogP contribution in [0.1, 0.15) is 54.3 Å². The zero-order chi connectivity index (χ0) is 16.4. The van der Waals surface area contributed by atoms with Gasteiger partial charge in [-0.25, -0.2) is 4.79 Å². The number of carbonyl (C=O) groups is 1. The van der Waals surface area contributed by atoms with Gasteiger partial charge in [-0.1, -0.05) is 5.11 Å². The molecule has 0 unspecified atom stereocenters. The second kappa shape index (κ2) is 9.54. The number of hydrogen-bond donors (Lipinski definition) is 1. The molecular weight excluding hydrogens is 284 g/mol. The fourth-order valence-electron chi connectivity index (χ4n) is 2.48. The number of hydrogen-bond acceptors (Lipinski definition) is 4. The van der Waals surface area contributed by atoms with Crippen LogP contribution in [-0.2, 0) is 9.47 Å². The molecule has 1 aliphatic rings. The SMILES string of the molecule is CC(C)(C)OC(=O)NC1CCC(COCCCN=[N+]=[N-])CC1.[HH]. The van der Waals surface area contributed by atoms with Gasteiger partial charge in [-0.3, -0.25) is 0 Å².